The first kappa shape index (κ1) is 21.4. The highest BCUT2D eigenvalue weighted by Crippen LogP contribution is 2.36. The van der Waals surface area contributed by atoms with E-state index in [9.17, 15) is 15.3 Å². The number of allylic oxidation sites excluding steroid dienone is 2. The van der Waals surface area contributed by atoms with Gasteiger partial charge in [-0.3, -0.25) is 0 Å². The third-order valence-corrected chi connectivity index (χ3v) is 6.33. The molecule has 0 aromatic carbocycles. The molecule has 0 saturated heterocycles. The van der Waals surface area contributed by atoms with E-state index in [0.29, 0.717) is 12.8 Å². The van der Waals surface area contributed by atoms with Gasteiger partial charge in [-0.15, -0.1) is 11.3 Å². The Morgan fingerprint density at radius 3 is 2.77 bits per heavy atom. The molecule has 0 spiro atoms. The van der Waals surface area contributed by atoms with E-state index < -0.39 is 18.3 Å². The summed E-state index contributed by atoms with van der Waals surface area (Å²) in [5, 5.41) is 32.9. The monoisotopic (exact) mass is 378 g/mol. The van der Waals surface area contributed by atoms with Gasteiger partial charge in [0.15, 0.2) is 0 Å². The van der Waals surface area contributed by atoms with Crippen molar-refractivity contribution >= 4 is 11.3 Å². The Labute approximate surface area is 162 Å². The normalized spacial score (nSPS) is 27.7. The van der Waals surface area contributed by atoms with Crippen LogP contribution in [-0.2, 0) is 6.42 Å². The van der Waals surface area contributed by atoms with Gasteiger partial charge in [0.2, 0.25) is 0 Å². The zero-order valence-electron chi connectivity index (χ0n) is 16.1. The van der Waals surface area contributed by atoms with Gasteiger partial charge in [-0.1, -0.05) is 44.1 Å². The summed E-state index contributed by atoms with van der Waals surface area (Å²) in [4.78, 5) is 1.31. The predicted molar refractivity (Wildman–Crippen MR) is 109 cm³/mol. The van der Waals surface area contributed by atoms with E-state index >= 15 is 0 Å². The van der Waals surface area contributed by atoms with Gasteiger partial charge in [-0.05, 0) is 55.5 Å². The number of aliphatic hydroxyl groups is 3. The van der Waals surface area contributed by atoms with Crippen molar-refractivity contribution in [3.8, 4) is 0 Å². The third-order valence-electron chi connectivity index (χ3n) is 5.45. The van der Waals surface area contributed by atoms with Gasteiger partial charge in [0.05, 0.1) is 18.3 Å². The molecule has 0 amide bonds. The number of hydrogen-bond donors (Lipinski definition) is 3. The van der Waals surface area contributed by atoms with Gasteiger partial charge in [0, 0.05) is 17.2 Å². The quantitative estimate of drug-likeness (QED) is 0.418. The van der Waals surface area contributed by atoms with Crippen molar-refractivity contribution in [1.82, 2.24) is 0 Å². The molecule has 3 nitrogen and oxygen atoms in total. The number of aliphatic hydroxyl groups excluding tert-OH is 3. The lowest BCUT2D eigenvalue weighted by atomic mass is 9.89. The SMILES string of the molecule is CCCC/C=C\C[C@@H]1[C@@H](/C=C/[C@@H](O)CCc2ccsc2C)[C@H](O)C[C@@H]1O. The molecule has 4 heteroatoms. The lowest BCUT2D eigenvalue weighted by Gasteiger charge is -2.19. The molecule has 2 rings (SSSR count). The molecule has 0 unspecified atom stereocenters. The first-order chi connectivity index (χ1) is 12.5. The van der Waals surface area contributed by atoms with Crippen LogP contribution in [0.5, 0.6) is 0 Å². The topological polar surface area (TPSA) is 60.7 Å². The first-order valence-electron chi connectivity index (χ1n) is 9.93. The van der Waals surface area contributed by atoms with Crippen LogP contribution in [0.3, 0.4) is 0 Å². The van der Waals surface area contributed by atoms with E-state index in [1.54, 1.807) is 17.4 Å². The molecule has 26 heavy (non-hydrogen) atoms. The summed E-state index contributed by atoms with van der Waals surface area (Å²) in [6, 6.07) is 2.12. The van der Waals surface area contributed by atoms with E-state index in [0.717, 1.165) is 19.3 Å². The molecule has 1 heterocycles. The molecule has 1 aliphatic rings. The Hall–Kier alpha value is -0.940. The van der Waals surface area contributed by atoms with Gasteiger partial charge < -0.3 is 15.3 Å². The van der Waals surface area contributed by atoms with Crippen LogP contribution in [0.1, 0.15) is 55.9 Å². The third kappa shape index (κ3) is 6.34. The minimum Gasteiger partial charge on any atom is -0.393 e. The summed E-state index contributed by atoms with van der Waals surface area (Å²) in [6.45, 7) is 4.29. The molecule has 1 aliphatic carbocycles. The van der Waals surface area contributed by atoms with E-state index in [-0.39, 0.29) is 11.8 Å². The van der Waals surface area contributed by atoms with Gasteiger partial charge >= 0.3 is 0 Å². The fourth-order valence-electron chi connectivity index (χ4n) is 3.73. The van der Waals surface area contributed by atoms with E-state index in [1.165, 1.54) is 23.3 Å². The van der Waals surface area contributed by atoms with Crippen molar-refractivity contribution in [2.24, 2.45) is 11.8 Å². The Bertz CT molecular complexity index is 578. The Balaban J connectivity index is 1.86. The van der Waals surface area contributed by atoms with Crippen LogP contribution < -0.4 is 0 Å². The van der Waals surface area contributed by atoms with Gasteiger partial charge in [0.1, 0.15) is 0 Å². The zero-order valence-corrected chi connectivity index (χ0v) is 16.9. The lowest BCUT2D eigenvalue weighted by molar-refractivity contribution is 0.120. The summed E-state index contributed by atoms with van der Waals surface area (Å²) in [5.74, 6) is -0.0520. The molecule has 1 aromatic heterocycles. The standard InChI is InChI=1S/C22H34O3S/c1-3-4-5-6-7-8-19-20(22(25)15-21(19)24)12-11-18(23)10-9-17-13-14-26-16(17)2/h6-7,11-14,18-25H,3-5,8-10,15H2,1-2H3/b7-6-,12-11+/t18-,19+,20+,21-,22+/m0/s1. The van der Waals surface area contributed by atoms with Crippen LogP contribution in [0.4, 0.5) is 0 Å². The lowest BCUT2D eigenvalue weighted by Crippen LogP contribution is -2.20. The molecule has 0 aliphatic heterocycles. The van der Waals surface area contributed by atoms with Crippen molar-refractivity contribution < 1.29 is 15.3 Å². The number of unbranched alkanes of at least 4 members (excludes halogenated alkanes) is 2. The number of aryl methyl sites for hydroxylation is 2. The molecule has 1 saturated carbocycles. The van der Waals surface area contributed by atoms with Crippen molar-refractivity contribution in [2.45, 2.75) is 77.1 Å². The van der Waals surface area contributed by atoms with Crippen LogP contribution in [0, 0.1) is 18.8 Å². The molecule has 0 bridgehead atoms. The van der Waals surface area contributed by atoms with Crippen molar-refractivity contribution in [3.63, 3.8) is 0 Å². The highest BCUT2D eigenvalue weighted by Gasteiger charge is 2.39. The maximum absolute atomic E-state index is 10.3. The highest BCUT2D eigenvalue weighted by atomic mass is 32.1. The zero-order chi connectivity index (χ0) is 18.9. The fourth-order valence-corrected chi connectivity index (χ4v) is 4.48. The highest BCUT2D eigenvalue weighted by molar-refractivity contribution is 7.10. The molecule has 146 valence electrons. The van der Waals surface area contributed by atoms with Crippen LogP contribution in [0.2, 0.25) is 0 Å². The van der Waals surface area contributed by atoms with Gasteiger partial charge in [-0.25, -0.2) is 0 Å². The summed E-state index contributed by atoms with van der Waals surface area (Å²) >= 11 is 1.74. The van der Waals surface area contributed by atoms with Crippen molar-refractivity contribution in [1.29, 1.82) is 0 Å². The molecular formula is C22H34O3S. The Morgan fingerprint density at radius 1 is 1.27 bits per heavy atom. The van der Waals surface area contributed by atoms with Crippen LogP contribution in [0.15, 0.2) is 35.8 Å². The van der Waals surface area contributed by atoms with Crippen molar-refractivity contribution in [3.05, 3.63) is 46.2 Å². The second kappa shape index (κ2) is 11.0. The number of thiophene rings is 1. The molecule has 1 aromatic rings. The second-order valence-electron chi connectivity index (χ2n) is 7.45. The summed E-state index contributed by atoms with van der Waals surface area (Å²) in [6.07, 6.45) is 12.7. The smallest absolute Gasteiger partial charge is 0.0724 e. The predicted octanol–water partition coefficient (Wildman–Crippen LogP) is 4.40. The van der Waals surface area contributed by atoms with Crippen LogP contribution in [0.25, 0.3) is 0 Å². The number of rotatable bonds is 10. The molecule has 1 fully saturated rings. The fraction of sp³-hybridized carbons (Fsp3) is 0.636. The van der Waals surface area contributed by atoms with Gasteiger partial charge in [0.25, 0.3) is 0 Å². The van der Waals surface area contributed by atoms with Crippen molar-refractivity contribution in [2.75, 3.05) is 0 Å². The molecule has 3 N–H and O–H groups in total. The molecule has 0 radical (unpaired) electrons. The summed E-state index contributed by atoms with van der Waals surface area (Å²) < 4.78 is 0. The first-order valence-corrected chi connectivity index (χ1v) is 10.8. The van der Waals surface area contributed by atoms with Crippen LogP contribution >= 0.6 is 11.3 Å². The van der Waals surface area contributed by atoms with E-state index in [2.05, 4.69) is 37.4 Å². The van der Waals surface area contributed by atoms with Gasteiger partial charge in [-0.2, -0.15) is 0 Å². The summed E-state index contributed by atoms with van der Waals surface area (Å²) in [5.41, 5.74) is 1.30. The average molecular weight is 379 g/mol. The average Bonchev–Trinajstić information content (AvgIpc) is 3.13. The van der Waals surface area contributed by atoms with E-state index in [1.807, 2.05) is 6.08 Å². The summed E-state index contributed by atoms with van der Waals surface area (Å²) in [7, 11) is 0. The minimum atomic E-state index is -0.526. The maximum Gasteiger partial charge on any atom is 0.0724 e. The maximum atomic E-state index is 10.3. The molecular weight excluding hydrogens is 344 g/mol. The molecule has 5 atom stereocenters. The number of hydrogen-bond acceptors (Lipinski definition) is 4. The second-order valence-corrected chi connectivity index (χ2v) is 8.57. The largest absolute Gasteiger partial charge is 0.393 e. The Kier molecular flexibility index (Phi) is 9.06. The Morgan fingerprint density at radius 2 is 2.08 bits per heavy atom. The van der Waals surface area contributed by atoms with E-state index in [4.69, 9.17) is 0 Å². The van der Waals surface area contributed by atoms with Crippen LogP contribution in [-0.4, -0.2) is 33.6 Å². The minimum absolute atomic E-state index is 0.0328.